The van der Waals surface area contributed by atoms with E-state index in [0.29, 0.717) is 37.9 Å². The van der Waals surface area contributed by atoms with Crippen LogP contribution in [-0.4, -0.2) is 45.7 Å². The molecule has 2 unspecified atom stereocenters. The lowest BCUT2D eigenvalue weighted by Crippen LogP contribution is -2.45. The fourth-order valence-corrected chi connectivity index (χ4v) is 3.61. The van der Waals surface area contributed by atoms with Gasteiger partial charge in [0.15, 0.2) is 6.10 Å². The fraction of sp³-hybridized carbons (Fsp3) is 0.556. The SMILES string of the molecule is CCc1nnc(C2CN(C(=O)C3CCCc4cccnc43)CCO2)o1. The van der Waals surface area contributed by atoms with E-state index in [1.165, 1.54) is 5.56 Å². The molecule has 7 nitrogen and oxygen atoms in total. The molecule has 0 bridgehead atoms. The van der Waals surface area contributed by atoms with Gasteiger partial charge >= 0.3 is 0 Å². The summed E-state index contributed by atoms with van der Waals surface area (Å²) in [6.45, 7) is 3.47. The van der Waals surface area contributed by atoms with Crippen LogP contribution in [0.1, 0.15) is 54.8 Å². The zero-order valence-electron chi connectivity index (χ0n) is 14.4. The van der Waals surface area contributed by atoms with Crippen LogP contribution in [0.3, 0.4) is 0 Å². The molecule has 7 heteroatoms. The lowest BCUT2D eigenvalue weighted by Gasteiger charge is -2.35. The summed E-state index contributed by atoms with van der Waals surface area (Å²) >= 11 is 0. The number of pyridine rings is 1. The van der Waals surface area contributed by atoms with Crippen LogP contribution in [0.15, 0.2) is 22.7 Å². The van der Waals surface area contributed by atoms with E-state index in [4.69, 9.17) is 9.15 Å². The van der Waals surface area contributed by atoms with Crippen LogP contribution in [0.2, 0.25) is 0 Å². The normalized spacial score (nSPS) is 23.3. The zero-order chi connectivity index (χ0) is 17.2. The Kier molecular flexibility index (Phi) is 4.48. The van der Waals surface area contributed by atoms with Gasteiger partial charge in [0.2, 0.25) is 17.7 Å². The minimum absolute atomic E-state index is 0.128. The molecular weight excluding hydrogens is 320 g/mol. The highest BCUT2D eigenvalue weighted by molar-refractivity contribution is 5.84. The maximum atomic E-state index is 13.1. The maximum Gasteiger partial charge on any atom is 0.247 e. The highest BCUT2D eigenvalue weighted by Gasteiger charge is 2.35. The molecule has 2 atom stereocenters. The molecule has 0 N–H and O–H groups in total. The van der Waals surface area contributed by atoms with Crippen molar-refractivity contribution < 1.29 is 13.9 Å². The van der Waals surface area contributed by atoms with Gasteiger partial charge in [-0.15, -0.1) is 10.2 Å². The van der Waals surface area contributed by atoms with Gasteiger partial charge in [-0.1, -0.05) is 13.0 Å². The molecule has 1 aliphatic carbocycles. The number of amides is 1. The molecule has 2 aromatic heterocycles. The van der Waals surface area contributed by atoms with Crippen molar-refractivity contribution in [3.8, 4) is 0 Å². The summed E-state index contributed by atoms with van der Waals surface area (Å²) in [5, 5.41) is 8.05. The predicted molar refractivity (Wildman–Crippen MR) is 88.9 cm³/mol. The number of nitrogens with zero attached hydrogens (tertiary/aromatic N) is 4. The van der Waals surface area contributed by atoms with Gasteiger partial charge < -0.3 is 14.1 Å². The highest BCUT2D eigenvalue weighted by atomic mass is 16.5. The Balaban J connectivity index is 1.51. The standard InChI is InChI=1S/C18H22N4O3/c1-2-15-20-21-17(25-15)14-11-22(9-10-24-14)18(23)13-7-3-5-12-6-4-8-19-16(12)13/h4,6,8,13-14H,2-3,5,7,9-11H2,1H3. The molecule has 132 valence electrons. The Morgan fingerprint density at radius 1 is 1.40 bits per heavy atom. The number of hydrogen-bond acceptors (Lipinski definition) is 6. The number of rotatable bonds is 3. The van der Waals surface area contributed by atoms with Crippen molar-refractivity contribution >= 4 is 5.91 Å². The third kappa shape index (κ3) is 3.16. The molecule has 3 heterocycles. The predicted octanol–water partition coefficient (Wildman–Crippen LogP) is 2.05. The number of ether oxygens (including phenoxy) is 1. The smallest absolute Gasteiger partial charge is 0.247 e. The van der Waals surface area contributed by atoms with Gasteiger partial charge in [0.25, 0.3) is 0 Å². The summed E-state index contributed by atoms with van der Waals surface area (Å²) in [7, 11) is 0. The number of morpholine rings is 1. The van der Waals surface area contributed by atoms with E-state index in [-0.39, 0.29) is 17.9 Å². The summed E-state index contributed by atoms with van der Waals surface area (Å²) < 4.78 is 11.4. The number of hydrogen-bond donors (Lipinski definition) is 0. The second-order valence-corrected chi connectivity index (χ2v) is 6.52. The molecule has 1 saturated heterocycles. The third-order valence-electron chi connectivity index (χ3n) is 4.93. The molecule has 1 aliphatic heterocycles. The number of carbonyl (C=O) groups excluding carboxylic acids is 1. The summed E-state index contributed by atoms with van der Waals surface area (Å²) in [5.74, 6) is 1.02. The summed E-state index contributed by atoms with van der Waals surface area (Å²) in [6.07, 6.45) is 4.99. The van der Waals surface area contributed by atoms with Gasteiger partial charge in [0, 0.05) is 19.2 Å². The molecule has 1 fully saturated rings. The van der Waals surface area contributed by atoms with Crippen LogP contribution in [0.4, 0.5) is 0 Å². The largest absolute Gasteiger partial charge is 0.422 e. The van der Waals surface area contributed by atoms with E-state index in [1.807, 2.05) is 17.9 Å². The van der Waals surface area contributed by atoms with Crippen LogP contribution < -0.4 is 0 Å². The van der Waals surface area contributed by atoms with Crippen molar-refractivity contribution in [3.63, 3.8) is 0 Å². The van der Waals surface area contributed by atoms with Crippen LogP contribution in [0.25, 0.3) is 0 Å². The average molecular weight is 342 g/mol. The lowest BCUT2D eigenvalue weighted by atomic mass is 9.85. The minimum Gasteiger partial charge on any atom is -0.422 e. The Hall–Kier alpha value is -2.28. The fourth-order valence-electron chi connectivity index (χ4n) is 3.61. The molecular formula is C18H22N4O3. The first-order valence-electron chi connectivity index (χ1n) is 8.92. The van der Waals surface area contributed by atoms with Crippen molar-refractivity contribution in [2.75, 3.05) is 19.7 Å². The molecule has 1 amide bonds. The van der Waals surface area contributed by atoms with Crippen LogP contribution in [-0.2, 0) is 22.4 Å². The topological polar surface area (TPSA) is 81.4 Å². The van der Waals surface area contributed by atoms with Gasteiger partial charge in [0.1, 0.15) is 0 Å². The Morgan fingerprint density at radius 3 is 3.16 bits per heavy atom. The minimum atomic E-state index is -0.350. The average Bonchev–Trinajstić information content (AvgIpc) is 3.16. The van der Waals surface area contributed by atoms with Crippen molar-refractivity contribution in [2.24, 2.45) is 0 Å². The monoisotopic (exact) mass is 342 g/mol. The molecule has 0 saturated carbocycles. The first-order chi connectivity index (χ1) is 12.3. The van der Waals surface area contributed by atoms with E-state index in [2.05, 4.69) is 21.2 Å². The van der Waals surface area contributed by atoms with Crippen molar-refractivity contribution in [2.45, 2.75) is 44.6 Å². The van der Waals surface area contributed by atoms with Gasteiger partial charge in [-0.05, 0) is 30.9 Å². The van der Waals surface area contributed by atoms with E-state index < -0.39 is 0 Å². The Bertz CT molecular complexity index is 760. The Morgan fingerprint density at radius 2 is 2.32 bits per heavy atom. The molecule has 0 aromatic carbocycles. The molecule has 2 aliphatic rings. The quantitative estimate of drug-likeness (QED) is 0.849. The number of fused-ring (bicyclic) bond motifs is 1. The lowest BCUT2D eigenvalue weighted by molar-refractivity contribution is -0.142. The van der Waals surface area contributed by atoms with E-state index in [0.717, 1.165) is 25.0 Å². The second-order valence-electron chi connectivity index (χ2n) is 6.52. The van der Waals surface area contributed by atoms with Crippen LogP contribution in [0.5, 0.6) is 0 Å². The molecule has 0 spiro atoms. The third-order valence-corrected chi connectivity index (χ3v) is 4.93. The first-order valence-corrected chi connectivity index (χ1v) is 8.92. The molecule has 25 heavy (non-hydrogen) atoms. The number of aromatic nitrogens is 3. The summed E-state index contributed by atoms with van der Waals surface area (Å²) in [4.78, 5) is 19.5. The van der Waals surface area contributed by atoms with Crippen LogP contribution >= 0.6 is 0 Å². The summed E-state index contributed by atoms with van der Waals surface area (Å²) in [6, 6.07) is 4.02. The van der Waals surface area contributed by atoms with E-state index in [9.17, 15) is 4.79 Å². The van der Waals surface area contributed by atoms with Crippen molar-refractivity contribution in [1.82, 2.24) is 20.1 Å². The van der Waals surface area contributed by atoms with Crippen LogP contribution in [0, 0.1) is 0 Å². The van der Waals surface area contributed by atoms with Gasteiger partial charge in [0.05, 0.1) is 24.8 Å². The van der Waals surface area contributed by atoms with Gasteiger partial charge in [-0.3, -0.25) is 9.78 Å². The van der Waals surface area contributed by atoms with E-state index >= 15 is 0 Å². The highest BCUT2D eigenvalue weighted by Crippen LogP contribution is 2.32. The molecule has 0 radical (unpaired) electrons. The second kappa shape index (κ2) is 6.92. The van der Waals surface area contributed by atoms with Gasteiger partial charge in [-0.25, -0.2) is 0 Å². The first kappa shape index (κ1) is 16.2. The number of carbonyl (C=O) groups is 1. The molecule has 4 rings (SSSR count). The number of aryl methyl sites for hydroxylation is 2. The maximum absolute atomic E-state index is 13.1. The summed E-state index contributed by atoms with van der Waals surface area (Å²) in [5.41, 5.74) is 2.13. The van der Waals surface area contributed by atoms with Crippen molar-refractivity contribution in [3.05, 3.63) is 41.4 Å². The van der Waals surface area contributed by atoms with Gasteiger partial charge in [-0.2, -0.15) is 0 Å². The zero-order valence-corrected chi connectivity index (χ0v) is 14.4. The Labute approximate surface area is 146 Å². The van der Waals surface area contributed by atoms with E-state index in [1.54, 1.807) is 6.20 Å². The molecule has 2 aromatic rings. The van der Waals surface area contributed by atoms with Crippen molar-refractivity contribution in [1.29, 1.82) is 0 Å².